The van der Waals surface area contributed by atoms with E-state index < -0.39 is 12.0 Å². The zero-order chi connectivity index (χ0) is 15.9. The summed E-state index contributed by atoms with van der Waals surface area (Å²) in [4.78, 5) is 27.0. The van der Waals surface area contributed by atoms with Gasteiger partial charge in [-0.2, -0.15) is 0 Å². The Kier molecular flexibility index (Phi) is 4.37. The standard InChI is InChI=1S/C16H18ClNO3S/c1-22-10-5-6-13(17)12(7-10)15(19)18-8-9-3-2-4-11(9)14(18)16(20)21/h5-7,9,11,14H,2-4,8H2,1H3,(H,20,21). The van der Waals surface area contributed by atoms with Crippen molar-refractivity contribution in [3.63, 3.8) is 0 Å². The Hall–Kier alpha value is -1.20. The Labute approximate surface area is 138 Å². The number of carbonyl (C=O) groups is 2. The number of carboxylic acid groups (broad SMARTS) is 1. The van der Waals surface area contributed by atoms with Gasteiger partial charge in [-0.25, -0.2) is 4.79 Å². The molecule has 1 saturated carbocycles. The fourth-order valence-electron chi connectivity index (χ4n) is 3.78. The number of halogens is 1. The van der Waals surface area contributed by atoms with Crippen molar-refractivity contribution < 1.29 is 14.7 Å². The van der Waals surface area contributed by atoms with E-state index in [4.69, 9.17) is 11.6 Å². The van der Waals surface area contributed by atoms with Crippen molar-refractivity contribution in [1.29, 1.82) is 0 Å². The summed E-state index contributed by atoms with van der Waals surface area (Å²) in [7, 11) is 0. The highest BCUT2D eigenvalue weighted by atomic mass is 35.5. The van der Waals surface area contributed by atoms with E-state index in [1.807, 2.05) is 12.3 Å². The third-order valence-corrected chi connectivity index (χ3v) is 5.86. The average molecular weight is 340 g/mol. The maximum absolute atomic E-state index is 12.9. The van der Waals surface area contributed by atoms with E-state index in [2.05, 4.69) is 0 Å². The third kappa shape index (κ3) is 2.61. The molecular formula is C16H18ClNO3S. The van der Waals surface area contributed by atoms with E-state index in [1.165, 1.54) is 16.7 Å². The quantitative estimate of drug-likeness (QED) is 0.858. The maximum atomic E-state index is 12.9. The summed E-state index contributed by atoms with van der Waals surface area (Å²) in [5, 5.41) is 9.94. The molecule has 1 aliphatic carbocycles. The predicted molar refractivity (Wildman–Crippen MR) is 86.5 cm³/mol. The molecule has 0 radical (unpaired) electrons. The van der Waals surface area contributed by atoms with Crippen LogP contribution in [0.15, 0.2) is 23.1 Å². The Bertz CT molecular complexity index is 621. The average Bonchev–Trinajstić information content (AvgIpc) is 3.06. The van der Waals surface area contributed by atoms with Crippen molar-refractivity contribution >= 4 is 35.2 Å². The second kappa shape index (κ2) is 6.13. The first kappa shape index (κ1) is 15.7. The molecule has 0 spiro atoms. The van der Waals surface area contributed by atoms with E-state index in [0.29, 0.717) is 23.0 Å². The number of benzene rings is 1. The van der Waals surface area contributed by atoms with Crippen LogP contribution in [0.25, 0.3) is 0 Å². The Morgan fingerprint density at radius 3 is 2.82 bits per heavy atom. The molecule has 6 heteroatoms. The van der Waals surface area contributed by atoms with Crippen molar-refractivity contribution in [2.24, 2.45) is 11.8 Å². The van der Waals surface area contributed by atoms with Crippen LogP contribution in [0.1, 0.15) is 29.6 Å². The molecule has 3 rings (SSSR count). The number of fused-ring (bicyclic) bond motifs is 1. The molecule has 1 saturated heterocycles. The largest absolute Gasteiger partial charge is 0.480 e. The molecule has 0 aromatic heterocycles. The number of carbonyl (C=O) groups excluding carboxylic acids is 1. The molecule has 3 unspecified atom stereocenters. The van der Waals surface area contributed by atoms with Gasteiger partial charge in [0, 0.05) is 11.4 Å². The summed E-state index contributed by atoms with van der Waals surface area (Å²) in [5.41, 5.74) is 0.403. The summed E-state index contributed by atoms with van der Waals surface area (Å²) >= 11 is 7.70. The zero-order valence-electron chi connectivity index (χ0n) is 12.3. The molecule has 1 aromatic rings. The molecule has 1 aromatic carbocycles. The minimum absolute atomic E-state index is 0.0870. The molecule has 1 aliphatic heterocycles. The van der Waals surface area contributed by atoms with E-state index in [1.54, 1.807) is 12.1 Å². The molecule has 118 valence electrons. The highest BCUT2D eigenvalue weighted by Crippen LogP contribution is 2.43. The van der Waals surface area contributed by atoms with Gasteiger partial charge in [0.1, 0.15) is 6.04 Å². The lowest BCUT2D eigenvalue weighted by Gasteiger charge is -2.25. The number of carboxylic acids is 1. The van der Waals surface area contributed by atoms with Gasteiger partial charge >= 0.3 is 5.97 Å². The van der Waals surface area contributed by atoms with Gasteiger partial charge in [-0.3, -0.25) is 4.79 Å². The Balaban J connectivity index is 1.93. The van der Waals surface area contributed by atoms with Crippen LogP contribution < -0.4 is 0 Å². The number of nitrogens with zero attached hydrogens (tertiary/aromatic N) is 1. The normalized spacial score (nSPS) is 27.0. The lowest BCUT2D eigenvalue weighted by Crippen LogP contribution is -2.43. The second-order valence-electron chi connectivity index (χ2n) is 5.94. The third-order valence-electron chi connectivity index (χ3n) is 4.81. The van der Waals surface area contributed by atoms with Crippen LogP contribution in [-0.4, -0.2) is 40.7 Å². The highest BCUT2D eigenvalue weighted by Gasteiger charge is 2.49. The predicted octanol–water partition coefficient (Wildman–Crippen LogP) is 3.39. The molecule has 1 heterocycles. The molecule has 2 fully saturated rings. The molecule has 2 aliphatic rings. The number of hydrogen-bond acceptors (Lipinski definition) is 3. The van der Waals surface area contributed by atoms with E-state index in [-0.39, 0.29) is 11.8 Å². The second-order valence-corrected chi connectivity index (χ2v) is 7.23. The van der Waals surface area contributed by atoms with Gasteiger partial charge in [0.2, 0.25) is 0 Å². The number of thioether (sulfide) groups is 1. The van der Waals surface area contributed by atoms with Crippen LogP contribution >= 0.6 is 23.4 Å². The molecule has 4 nitrogen and oxygen atoms in total. The highest BCUT2D eigenvalue weighted by molar-refractivity contribution is 7.98. The smallest absolute Gasteiger partial charge is 0.326 e. The fourth-order valence-corrected chi connectivity index (χ4v) is 4.42. The van der Waals surface area contributed by atoms with Crippen molar-refractivity contribution in [3.8, 4) is 0 Å². The van der Waals surface area contributed by atoms with Gasteiger partial charge in [-0.1, -0.05) is 18.0 Å². The van der Waals surface area contributed by atoms with Crippen LogP contribution in [-0.2, 0) is 4.79 Å². The van der Waals surface area contributed by atoms with E-state index in [0.717, 1.165) is 24.2 Å². The SMILES string of the molecule is CSc1ccc(Cl)c(C(=O)N2CC3CCCC3C2C(=O)O)c1. The first-order chi connectivity index (χ1) is 10.5. The van der Waals surface area contributed by atoms with Crippen LogP contribution in [0, 0.1) is 11.8 Å². The summed E-state index contributed by atoms with van der Waals surface area (Å²) in [6, 6.07) is 4.60. The zero-order valence-corrected chi connectivity index (χ0v) is 13.9. The number of hydrogen-bond donors (Lipinski definition) is 1. The molecule has 0 bridgehead atoms. The van der Waals surface area contributed by atoms with Gasteiger partial charge in [0.05, 0.1) is 10.6 Å². The van der Waals surface area contributed by atoms with Gasteiger partial charge in [-0.05, 0) is 49.1 Å². The molecule has 3 atom stereocenters. The van der Waals surface area contributed by atoms with E-state index in [9.17, 15) is 14.7 Å². The van der Waals surface area contributed by atoms with Gasteiger partial charge in [0.25, 0.3) is 5.91 Å². The minimum atomic E-state index is -0.903. The number of aliphatic carboxylic acids is 1. The van der Waals surface area contributed by atoms with Crippen LogP contribution in [0.3, 0.4) is 0 Å². The van der Waals surface area contributed by atoms with Gasteiger partial charge < -0.3 is 10.0 Å². The van der Waals surface area contributed by atoms with Crippen LogP contribution in [0.2, 0.25) is 5.02 Å². The van der Waals surface area contributed by atoms with E-state index >= 15 is 0 Å². The lowest BCUT2D eigenvalue weighted by molar-refractivity contribution is -0.142. The fraction of sp³-hybridized carbons (Fsp3) is 0.500. The molecule has 1 amide bonds. The molecular weight excluding hydrogens is 322 g/mol. The Morgan fingerprint density at radius 1 is 1.36 bits per heavy atom. The lowest BCUT2D eigenvalue weighted by atomic mass is 9.94. The van der Waals surface area contributed by atoms with Gasteiger partial charge in [-0.15, -0.1) is 11.8 Å². The van der Waals surface area contributed by atoms with Crippen LogP contribution in [0.4, 0.5) is 0 Å². The van der Waals surface area contributed by atoms with Crippen molar-refractivity contribution in [2.75, 3.05) is 12.8 Å². The van der Waals surface area contributed by atoms with Gasteiger partial charge in [0.15, 0.2) is 0 Å². The first-order valence-electron chi connectivity index (χ1n) is 7.40. The number of amides is 1. The first-order valence-corrected chi connectivity index (χ1v) is 9.00. The summed E-state index contributed by atoms with van der Waals surface area (Å²) in [6.45, 7) is 0.528. The van der Waals surface area contributed by atoms with Crippen LogP contribution in [0.5, 0.6) is 0 Å². The summed E-state index contributed by atoms with van der Waals surface area (Å²) in [5.74, 6) is -0.765. The minimum Gasteiger partial charge on any atom is -0.480 e. The molecule has 1 N–H and O–H groups in total. The van der Waals surface area contributed by atoms with Crippen molar-refractivity contribution in [3.05, 3.63) is 28.8 Å². The monoisotopic (exact) mass is 339 g/mol. The number of likely N-dealkylation sites (tertiary alicyclic amines) is 1. The Morgan fingerprint density at radius 2 is 2.14 bits per heavy atom. The van der Waals surface area contributed by atoms with Crippen molar-refractivity contribution in [2.45, 2.75) is 30.2 Å². The van der Waals surface area contributed by atoms with Crippen molar-refractivity contribution in [1.82, 2.24) is 4.90 Å². The summed E-state index contributed by atoms with van der Waals surface area (Å²) < 4.78 is 0. The topological polar surface area (TPSA) is 57.6 Å². The maximum Gasteiger partial charge on any atom is 0.326 e. The molecule has 22 heavy (non-hydrogen) atoms. The summed E-state index contributed by atoms with van der Waals surface area (Å²) in [6.07, 6.45) is 4.89. The number of rotatable bonds is 3.